The molecule has 0 nitrogen and oxygen atoms in total. The van der Waals surface area contributed by atoms with Gasteiger partial charge in [0.25, 0.3) is 0 Å². The number of unbranched alkanes of at least 4 members (excludes halogenated alkanes) is 5. The molecule has 0 aliphatic carbocycles. The molecule has 2 heteroatoms. The molecule has 0 heterocycles. The van der Waals surface area contributed by atoms with E-state index >= 15 is 0 Å². The molecule has 0 N–H and O–H groups in total. The van der Waals surface area contributed by atoms with Crippen molar-refractivity contribution in [1.29, 1.82) is 0 Å². The molecule has 0 spiro atoms. The van der Waals surface area contributed by atoms with Crippen molar-refractivity contribution in [3.8, 4) is 0 Å². The van der Waals surface area contributed by atoms with Crippen LogP contribution >= 0.6 is 0 Å². The first-order valence-electron chi connectivity index (χ1n) is 4.21. The average molecular weight is 356 g/mol. The Bertz CT molecular complexity index is 40.5. The van der Waals surface area contributed by atoms with Crippen molar-refractivity contribution < 1.29 is 0 Å². The van der Waals surface area contributed by atoms with E-state index in [9.17, 15) is 0 Å². The Balaban J connectivity index is 0. The third-order valence-corrected chi connectivity index (χ3v) is 3.03. The predicted octanol–water partition coefficient (Wildman–Crippen LogP) is 1.21. The molecule has 0 bridgehead atoms. The molecule has 0 aromatic carbocycles. The molecule has 0 unspecified atom stereocenters. The SMILES string of the molecule is CCCCCCC[CH2][SnH2].[SnH3]. The van der Waals surface area contributed by atoms with Crippen molar-refractivity contribution in [2.75, 3.05) is 0 Å². The Labute approximate surface area is 95.6 Å². The minimum atomic E-state index is 0. The Kier molecular flexibility index (Phi) is 18.7. The van der Waals surface area contributed by atoms with Crippen LogP contribution in [0.5, 0.6) is 0 Å². The van der Waals surface area contributed by atoms with E-state index in [1.54, 1.807) is 0 Å². The van der Waals surface area contributed by atoms with Gasteiger partial charge in [-0.1, -0.05) is 0 Å². The van der Waals surface area contributed by atoms with Crippen LogP contribution in [0.3, 0.4) is 0 Å². The van der Waals surface area contributed by atoms with E-state index in [-0.39, 0.29) is 23.9 Å². The molecular formula is C8H22Sn2. The maximum absolute atomic E-state index is 2.27. The van der Waals surface area contributed by atoms with Crippen LogP contribution in [0.1, 0.15) is 45.4 Å². The Hall–Kier alpha value is 1.60. The second-order valence-corrected chi connectivity index (χ2v) is 4.64. The summed E-state index contributed by atoms with van der Waals surface area (Å²) in [6.07, 6.45) is 8.79. The summed E-state index contributed by atoms with van der Waals surface area (Å²) < 4.78 is 1.54. The summed E-state index contributed by atoms with van der Waals surface area (Å²) in [5.41, 5.74) is 0. The summed E-state index contributed by atoms with van der Waals surface area (Å²) >= 11 is 1.22. The minimum absolute atomic E-state index is 0. The molecular weight excluding hydrogens is 334 g/mol. The summed E-state index contributed by atoms with van der Waals surface area (Å²) in [5, 5.41) is 0. The number of hydrogen-bond acceptors (Lipinski definition) is 0. The van der Waals surface area contributed by atoms with Crippen LogP contribution in [0.15, 0.2) is 0 Å². The fourth-order valence-corrected chi connectivity index (χ4v) is 1.97. The summed E-state index contributed by atoms with van der Waals surface area (Å²) in [5.74, 6) is 0. The number of rotatable bonds is 6. The molecule has 0 aliphatic rings. The molecule has 0 saturated carbocycles. The van der Waals surface area contributed by atoms with Crippen LogP contribution in [0.25, 0.3) is 0 Å². The van der Waals surface area contributed by atoms with Crippen LogP contribution in [0.4, 0.5) is 0 Å². The van der Waals surface area contributed by atoms with Crippen LogP contribution < -0.4 is 0 Å². The van der Waals surface area contributed by atoms with E-state index in [0.717, 1.165) is 0 Å². The van der Waals surface area contributed by atoms with Crippen molar-refractivity contribution >= 4 is 46.4 Å². The van der Waals surface area contributed by atoms with Gasteiger partial charge >= 0.3 is 96.3 Å². The van der Waals surface area contributed by atoms with Gasteiger partial charge in [0.05, 0.1) is 0 Å². The second kappa shape index (κ2) is 13.2. The Morgan fingerprint density at radius 1 is 0.900 bits per heavy atom. The van der Waals surface area contributed by atoms with E-state index in [4.69, 9.17) is 0 Å². The first-order chi connectivity index (χ1) is 4.41. The Morgan fingerprint density at radius 2 is 1.40 bits per heavy atom. The summed E-state index contributed by atoms with van der Waals surface area (Å²) in [6, 6.07) is 0. The summed E-state index contributed by atoms with van der Waals surface area (Å²) in [4.78, 5) is 0. The van der Waals surface area contributed by atoms with Gasteiger partial charge in [-0.25, -0.2) is 0 Å². The third kappa shape index (κ3) is 12.3. The monoisotopic (exact) mass is 358 g/mol. The van der Waals surface area contributed by atoms with E-state index in [0.29, 0.717) is 0 Å². The molecule has 10 heavy (non-hydrogen) atoms. The third-order valence-electron chi connectivity index (χ3n) is 1.60. The molecule has 0 atom stereocenters. The first kappa shape index (κ1) is 14.1. The van der Waals surface area contributed by atoms with Gasteiger partial charge in [0.15, 0.2) is 0 Å². The van der Waals surface area contributed by atoms with E-state index < -0.39 is 0 Å². The van der Waals surface area contributed by atoms with Gasteiger partial charge in [0.2, 0.25) is 0 Å². The molecule has 0 amide bonds. The average Bonchev–Trinajstić information content (AvgIpc) is 1.89. The molecule has 2 radical (unpaired) electrons. The van der Waals surface area contributed by atoms with E-state index in [2.05, 4.69) is 6.92 Å². The zero-order valence-corrected chi connectivity index (χ0v) is 17.4. The second-order valence-electron chi connectivity index (χ2n) is 2.62. The molecule has 0 aromatic rings. The summed E-state index contributed by atoms with van der Waals surface area (Å²) in [7, 11) is 0. The fraction of sp³-hybridized carbons (Fsp3) is 1.00. The molecule has 0 saturated heterocycles. The topological polar surface area (TPSA) is 0 Å². The van der Waals surface area contributed by atoms with Crippen molar-refractivity contribution in [3.63, 3.8) is 0 Å². The van der Waals surface area contributed by atoms with Gasteiger partial charge in [0.1, 0.15) is 0 Å². The standard InChI is InChI=1S/C8H17.2Sn.5H/c1-3-5-7-8-6-4-2;;;;;;;/h1,3-8H2,2H3;;;;;;;. The van der Waals surface area contributed by atoms with Crippen LogP contribution in [-0.2, 0) is 0 Å². The van der Waals surface area contributed by atoms with Crippen LogP contribution in [0.2, 0.25) is 4.44 Å². The van der Waals surface area contributed by atoms with Gasteiger partial charge in [-0.2, -0.15) is 0 Å². The van der Waals surface area contributed by atoms with Gasteiger partial charge in [-0.15, -0.1) is 0 Å². The van der Waals surface area contributed by atoms with Crippen molar-refractivity contribution in [2.45, 2.75) is 49.9 Å². The predicted molar refractivity (Wildman–Crippen MR) is 56.7 cm³/mol. The first-order valence-corrected chi connectivity index (χ1v) is 7.06. The van der Waals surface area contributed by atoms with Gasteiger partial charge < -0.3 is 0 Å². The van der Waals surface area contributed by atoms with Gasteiger partial charge in [-0.05, 0) is 0 Å². The zero-order chi connectivity index (χ0) is 6.95. The van der Waals surface area contributed by atoms with Crippen LogP contribution in [0, 0.1) is 0 Å². The van der Waals surface area contributed by atoms with Gasteiger partial charge in [-0.3, -0.25) is 0 Å². The molecule has 0 fully saturated rings. The molecule has 62 valence electrons. The van der Waals surface area contributed by atoms with Crippen molar-refractivity contribution in [1.82, 2.24) is 0 Å². The quantitative estimate of drug-likeness (QED) is 0.496. The number of hydrogen-bond donors (Lipinski definition) is 0. The molecule has 0 aliphatic heterocycles. The van der Waals surface area contributed by atoms with E-state index in [1.165, 1.54) is 65.5 Å². The van der Waals surface area contributed by atoms with Crippen molar-refractivity contribution in [2.24, 2.45) is 0 Å². The summed E-state index contributed by atoms with van der Waals surface area (Å²) in [6.45, 7) is 2.27. The Morgan fingerprint density at radius 3 is 1.90 bits per heavy atom. The molecule has 0 rings (SSSR count). The molecule has 0 aromatic heterocycles. The van der Waals surface area contributed by atoms with Crippen LogP contribution in [-0.4, -0.2) is 46.4 Å². The van der Waals surface area contributed by atoms with E-state index in [1.807, 2.05) is 0 Å². The maximum atomic E-state index is 2.27. The normalized spacial score (nSPS) is 9.00. The zero-order valence-electron chi connectivity index (χ0n) is 7.66. The van der Waals surface area contributed by atoms with Crippen molar-refractivity contribution in [3.05, 3.63) is 0 Å². The van der Waals surface area contributed by atoms with Gasteiger partial charge in [0, 0.05) is 0 Å². The fourth-order valence-electron chi connectivity index (χ4n) is 0.957.